The number of nitrogens with two attached hydrogens (primary N) is 1. The van der Waals surface area contributed by atoms with Gasteiger partial charge in [0.05, 0.1) is 20.8 Å². The van der Waals surface area contributed by atoms with Gasteiger partial charge in [0.15, 0.2) is 5.96 Å². The molecule has 1 aliphatic heterocycles. The minimum Gasteiger partial charge on any atom is -0.497 e. The van der Waals surface area contributed by atoms with Crippen molar-refractivity contribution in [1.29, 1.82) is 0 Å². The van der Waals surface area contributed by atoms with Crippen LogP contribution in [0, 0.1) is 5.92 Å². The molecule has 0 spiro atoms. The SMILES string of the molecule is CCNC(=NCc1ccc(OC)cc1OC)N1CCCC(CC(N)=O)C1.I. The molecule has 1 heterocycles. The van der Waals surface area contributed by atoms with E-state index in [1.165, 1.54) is 0 Å². The van der Waals surface area contributed by atoms with E-state index in [2.05, 4.69) is 10.2 Å². The molecular formula is C19H31IN4O3. The largest absolute Gasteiger partial charge is 0.497 e. The highest BCUT2D eigenvalue weighted by molar-refractivity contribution is 14.0. The topological polar surface area (TPSA) is 89.2 Å². The number of piperidine rings is 1. The number of carbonyl (C=O) groups is 1. The lowest BCUT2D eigenvalue weighted by atomic mass is 9.95. The fraction of sp³-hybridized carbons (Fsp3) is 0.579. The van der Waals surface area contributed by atoms with Crippen molar-refractivity contribution in [3.8, 4) is 11.5 Å². The van der Waals surface area contributed by atoms with Crippen LogP contribution in [-0.2, 0) is 11.3 Å². The summed E-state index contributed by atoms with van der Waals surface area (Å²) in [5.41, 5.74) is 6.36. The second kappa shape index (κ2) is 11.9. The molecule has 0 saturated carbocycles. The maximum Gasteiger partial charge on any atom is 0.217 e. The number of halogens is 1. The molecule has 0 radical (unpaired) electrons. The Hall–Kier alpha value is -1.71. The molecule has 8 heteroatoms. The van der Waals surface area contributed by atoms with Crippen LogP contribution >= 0.6 is 24.0 Å². The summed E-state index contributed by atoms with van der Waals surface area (Å²) in [6, 6.07) is 5.74. The number of amides is 1. The van der Waals surface area contributed by atoms with E-state index >= 15 is 0 Å². The van der Waals surface area contributed by atoms with Gasteiger partial charge in [0.2, 0.25) is 5.91 Å². The Morgan fingerprint density at radius 3 is 2.78 bits per heavy atom. The van der Waals surface area contributed by atoms with E-state index in [1.54, 1.807) is 14.2 Å². The van der Waals surface area contributed by atoms with Crippen molar-refractivity contribution in [1.82, 2.24) is 10.2 Å². The maximum atomic E-state index is 11.2. The van der Waals surface area contributed by atoms with Crippen molar-refractivity contribution in [3.63, 3.8) is 0 Å². The molecule has 27 heavy (non-hydrogen) atoms. The number of guanidine groups is 1. The summed E-state index contributed by atoms with van der Waals surface area (Å²) in [6.45, 7) is 5.08. The Labute approximate surface area is 178 Å². The Balaban J connectivity index is 0.00000364. The molecule has 0 aromatic heterocycles. The first kappa shape index (κ1) is 23.3. The van der Waals surface area contributed by atoms with E-state index in [1.807, 2.05) is 25.1 Å². The van der Waals surface area contributed by atoms with Crippen molar-refractivity contribution in [3.05, 3.63) is 23.8 Å². The molecule has 1 saturated heterocycles. The van der Waals surface area contributed by atoms with Gasteiger partial charge in [-0.25, -0.2) is 4.99 Å². The van der Waals surface area contributed by atoms with Gasteiger partial charge in [-0.15, -0.1) is 24.0 Å². The molecule has 1 aliphatic rings. The molecule has 2 rings (SSSR count). The highest BCUT2D eigenvalue weighted by Gasteiger charge is 2.23. The van der Waals surface area contributed by atoms with Gasteiger partial charge in [-0.2, -0.15) is 0 Å². The highest BCUT2D eigenvalue weighted by atomic mass is 127. The standard InChI is InChI=1S/C19H30N4O3.HI/c1-4-21-19(23-9-5-6-14(13-23)10-18(20)24)22-12-15-7-8-16(25-2)11-17(15)26-3;/h7-8,11,14H,4-6,9-10,12-13H2,1-3H3,(H2,20,24)(H,21,22);1H. The number of aliphatic imine (C=N–C) groups is 1. The molecule has 152 valence electrons. The summed E-state index contributed by atoms with van der Waals surface area (Å²) in [6.07, 6.45) is 2.50. The van der Waals surface area contributed by atoms with E-state index in [0.717, 1.165) is 55.5 Å². The van der Waals surface area contributed by atoms with Crippen LogP contribution in [-0.4, -0.2) is 50.6 Å². The summed E-state index contributed by atoms with van der Waals surface area (Å²) in [7, 11) is 3.28. The summed E-state index contributed by atoms with van der Waals surface area (Å²) in [5.74, 6) is 2.43. The molecule has 1 amide bonds. The summed E-state index contributed by atoms with van der Waals surface area (Å²) < 4.78 is 10.7. The fourth-order valence-electron chi connectivity index (χ4n) is 3.28. The first-order chi connectivity index (χ1) is 12.6. The number of nitrogens with zero attached hydrogens (tertiary/aromatic N) is 2. The van der Waals surface area contributed by atoms with Crippen LogP contribution in [0.25, 0.3) is 0 Å². The van der Waals surface area contributed by atoms with Crippen LogP contribution in [0.5, 0.6) is 11.5 Å². The van der Waals surface area contributed by atoms with Gasteiger partial charge < -0.3 is 25.4 Å². The Bertz CT molecular complexity index is 639. The lowest BCUT2D eigenvalue weighted by Gasteiger charge is -2.34. The second-order valence-electron chi connectivity index (χ2n) is 6.47. The third-order valence-corrected chi connectivity index (χ3v) is 4.54. The number of likely N-dealkylation sites (tertiary alicyclic amines) is 1. The van der Waals surface area contributed by atoms with Crippen LogP contribution in [0.3, 0.4) is 0 Å². The Kier molecular flexibility index (Phi) is 10.3. The van der Waals surface area contributed by atoms with Crippen LogP contribution in [0.15, 0.2) is 23.2 Å². The Morgan fingerprint density at radius 2 is 2.15 bits per heavy atom. The van der Waals surface area contributed by atoms with Gasteiger partial charge in [-0.1, -0.05) is 0 Å². The molecule has 3 N–H and O–H groups in total. The van der Waals surface area contributed by atoms with Gasteiger partial charge >= 0.3 is 0 Å². The van der Waals surface area contributed by atoms with Gasteiger partial charge in [0, 0.05) is 37.7 Å². The maximum absolute atomic E-state index is 11.2. The molecule has 7 nitrogen and oxygen atoms in total. The zero-order chi connectivity index (χ0) is 18.9. The van der Waals surface area contributed by atoms with E-state index in [9.17, 15) is 4.79 Å². The average molecular weight is 490 g/mol. The van der Waals surface area contributed by atoms with Crippen molar-refractivity contribution >= 4 is 35.8 Å². The molecule has 1 atom stereocenters. The third-order valence-electron chi connectivity index (χ3n) is 4.54. The summed E-state index contributed by atoms with van der Waals surface area (Å²) in [5, 5.41) is 3.35. The molecule has 0 bridgehead atoms. The van der Waals surface area contributed by atoms with Crippen LogP contribution in [0.1, 0.15) is 31.7 Å². The zero-order valence-corrected chi connectivity index (χ0v) is 18.7. The number of hydrogen-bond donors (Lipinski definition) is 2. The predicted octanol–water partition coefficient (Wildman–Crippen LogP) is 2.37. The molecule has 1 aromatic carbocycles. The number of hydrogen-bond acceptors (Lipinski definition) is 4. The van der Waals surface area contributed by atoms with E-state index in [0.29, 0.717) is 18.9 Å². The lowest BCUT2D eigenvalue weighted by molar-refractivity contribution is -0.119. The lowest BCUT2D eigenvalue weighted by Crippen LogP contribution is -2.47. The van der Waals surface area contributed by atoms with Crippen molar-refractivity contribution in [2.75, 3.05) is 33.9 Å². The first-order valence-corrected chi connectivity index (χ1v) is 9.09. The fourth-order valence-corrected chi connectivity index (χ4v) is 3.28. The normalized spacial score (nSPS) is 17.1. The van der Waals surface area contributed by atoms with Gasteiger partial charge in [0.1, 0.15) is 11.5 Å². The molecular weight excluding hydrogens is 459 g/mol. The van der Waals surface area contributed by atoms with Crippen LogP contribution in [0.4, 0.5) is 0 Å². The predicted molar refractivity (Wildman–Crippen MR) is 118 cm³/mol. The smallest absolute Gasteiger partial charge is 0.217 e. The molecule has 1 unspecified atom stereocenters. The van der Waals surface area contributed by atoms with Crippen molar-refractivity contribution < 1.29 is 14.3 Å². The monoisotopic (exact) mass is 490 g/mol. The first-order valence-electron chi connectivity index (χ1n) is 9.09. The zero-order valence-electron chi connectivity index (χ0n) is 16.4. The van der Waals surface area contributed by atoms with E-state index in [-0.39, 0.29) is 29.9 Å². The van der Waals surface area contributed by atoms with E-state index in [4.69, 9.17) is 20.2 Å². The minimum atomic E-state index is -0.234. The third kappa shape index (κ3) is 7.08. The number of methoxy groups -OCH3 is 2. The minimum absolute atomic E-state index is 0. The Morgan fingerprint density at radius 1 is 1.37 bits per heavy atom. The van der Waals surface area contributed by atoms with Gasteiger partial charge in [0.25, 0.3) is 0 Å². The molecule has 1 fully saturated rings. The summed E-state index contributed by atoms with van der Waals surface area (Å²) in [4.78, 5) is 18.2. The highest BCUT2D eigenvalue weighted by Crippen LogP contribution is 2.25. The molecule has 0 aliphatic carbocycles. The quantitative estimate of drug-likeness (QED) is 0.348. The average Bonchev–Trinajstić information content (AvgIpc) is 2.64. The number of ether oxygens (including phenoxy) is 2. The number of nitrogens with one attached hydrogen (secondary N) is 1. The molecule has 1 aromatic rings. The summed E-state index contributed by atoms with van der Waals surface area (Å²) >= 11 is 0. The number of rotatable bonds is 7. The van der Waals surface area contributed by atoms with Crippen LogP contribution < -0.4 is 20.5 Å². The van der Waals surface area contributed by atoms with Crippen LogP contribution in [0.2, 0.25) is 0 Å². The van der Waals surface area contributed by atoms with Crippen molar-refractivity contribution in [2.45, 2.75) is 32.7 Å². The second-order valence-corrected chi connectivity index (χ2v) is 6.47. The van der Waals surface area contributed by atoms with E-state index < -0.39 is 0 Å². The number of carbonyl (C=O) groups excluding carboxylic acids is 1. The number of benzene rings is 1. The van der Waals surface area contributed by atoms with Gasteiger partial charge in [-0.3, -0.25) is 4.79 Å². The van der Waals surface area contributed by atoms with Crippen molar-refractivity contribution in [2.24, 2.45) is 16.6 Å². The number of primary amides is 1. The van der Waals surface area contributed by atoms with Gasteiger partial charge in [-0.05, 0) is 37.8 Å².